The van der Waals surface area contributed by atoms with Crippen molar-refractivity contribution in [2.45, 2.75) is 31.1 Å². The van der Waals surface area contributed by atoms with Gasteiger partial charge in [0.2, 0.25) is 10.0 Å². The van der Waals surface area contributed by atoms with Crippen LogP contribution in [0.25, 0.3) is 0 Å². The van der Waals surface area contributed by atoms with E-state index in [9.17, 15) is 12.8 Å². The van der Waals surface area contributed by atoms with Crippen LogP contribution in [0.5, 0.6) is 0 Å². The largest absolute Gasteiger partial charge is 0.357 e. The second-order valence-corrected chi connectivity index (χ2v) is 8.35. The highest BCUT2D eigenvalue weighted by Gasteiger charge is 2.11. The molecular formula is C16H22FIN4O2S2. The van der Waals surface area contributed by atoms with E-state index in [1.54, 1.807) is 25.1 Å². The number of nitrogens with one attached hydrogen (secondary N) is 2. The van der Waals surface area contributed by atoms with Gasteiger partial charge in [-0.15, -0.1) is 35.3 Å². The van der Waals surface area contributed by atoms with Gasteiger partial charge < -0.3 is 10.6 Å². The summed E-state index contributed by atoms with van der Waals surface area (Å²) in [5.74, 6) is 0.358. The molecule has 0 bridgehead atoms. The minimum atomic E-state index is -3.67. The van der Waals surface area contributed by atoms with E-state index in [1.807, 2.05) is 6.92 Å². The fraction of sp³-hybridized carbons (Fsp3) is 0.312. The number of benzene rings is 1. The van der Waals surface area contributed by atoms with E-state index in [1.165, 1.54) is 12.1 Å². The monoisotopic (exact) mass is 512 g/mol. The van der Waals surface area contributed by atoms with Crippen LogP contribution in [0.1, 0.15) is 22.9 Å². The first-order valence-corrected chi connectivity index (χ1v) is 10.0. The van der Waals surface area contributed by atoms with Gasteiger partial charge in [-0.1, -0.05) is 12.1 Å². The molecule has 0 aliphatic rings. The molecule has 4 N–H and O–H groups in total. The highest BCUT2D eigenvalue weighted by atomic mass is 127. The van der Waals surface area contributed by atoms with E-state index in [0.29, 0.717) is 31.2 Å². The predicted octanol–water partition coefficient (Wildman–Crippen LogP) is 2.72. The van der Waals surface area contributed by atoms with Crippen LogP contribution < -0.4 is 15.8 Å². The number of sulfonamides is 1. The molecule has 26 heavy (non-hydrogen) atoms. The number of nitrogens with zero attached hydrogens (tertiary/aromatic N) is 1. The van der Waals surface area contributed by atoms with Crippen molar-refractivity contribution in [2.24, 2.45) is 10.1 Å². The van der Waals surface area contributed by atoms with Gasteiger partial charge in [0.15, 0.2) is 5.96 Å². The Kier molecular flexibility index (Phi) is 8.93. The molecule has 0 fully saturated rings. The highest BCUT2D eigenvalue weighted by molar-refractivity contribution is 14.0. The number of halogens is 2. The molecule has 0 unspecified atom stereocenters. The topological polar surface area (TPSA) is 96.6 Å². The summed E-state index contributed by atoms with van der Waals surface area (Å²) in [6, 6.07) is 8.10. The average Bonchev–Trinajstić information content (AvgIpc) is 3.02. The summed E-state index contributed by atoms with van der Waals surface area (Å²) >= 11 is 1.12. The fourth-order valence-corrected chi connectivity index (χ4v) is 3.81. The molecule has 0 spiro atoms. The molecule has 0 atom stereocenters. The molecule has 0 amide bonds. The Hall–Kier alpha value is -1.24. The summed E-state index contributed by atoms with van der Waals surface area (Å²) in [7, 11) is -3.67. The Labute approximate surface area is 174 Å². The molecule has 0 saturated heterocycles. The zero-order valence-electron chi connectivity index (χ0n) is 14.5. The highest BCUT2D eigenvalue weighted by Crippen LogP contribution is 2.19. The molecule has 0 radical (unpaired) electrons. The quantitative estimate of drug-likeness (QED) is 0.315. The Bertz CT molecular complexity index is 869. The van der Waals surface area contributed by atoms with Crippen molar-refractivity contribution in [3.8, 4) is 0 Å². The first-order valence-electron chi connectivity index (χ1n) is 7.68. The van der Waals surface area contributed by atoms with E-state index >= 15 is 0 Å². The SMILES string of the molecule is CCNC(=NCc1ccc(F)c(C)c1)NCc1ccc(S(N)(=O)=O)s1.I. The molecule has 1 heterocycles. The fourth-order valence-electron chi connectivity index (χ4n) is 2.09. The molecule has 6 nitrogen and oxygen atoms in total. The van der Waals surface area contributed by atoms with Gasteiger partial charge in [0, 0.05) is 11.4 Å². The molecule has 0 saturated carbocycles. The molecule has 1 aromatic carbocycles. The lowest BCUT2D eigenvalue weighted by Gasteiger charge is -2.10. The average molecular weight is 512 g/mol. The van der Waals surface area contributed by atoms with Crippen molar-refractivity contribution < 1.29 is 12.8 Å². The maximum absolute atomic E-state index is 13.3. The zero-order chi connectivity index (χ0) is 18.4. The number of nitrogens with two attached hydrogens (primary N) is 1. The summed E-state index contributed by atoms with van der Waals surface area (Å²) in [6.07, 6.45) is 0. The summed E-state index contributed by atoms with van der Waals surface area (Å²) in [5, 5.41) is 11.4. The Morgan fingerprint density at radius 1 is 1.27 bits per heavy atom. The molecule has 10 heteroatoms. The van der Waals surface area contributed by atoms with Gasteiger partial charge in [-0.2, -0.15) is 0 Å². The van der Waals surface area contributed by atoms with E-state index in [-0.39, 0.29) is 34.0 Å². The number of hydrogen-bond acceptors (Lipinski definition) is 4. The minimum Gasteiger partial charge on any atom is -0.357 e. The van der Waals surface area contributed by atoms with Gasteiger partial charge in [-0.3, -0.25) is 0 Å². The lowest BCUT2D eigenvalue weighted by molar-refractivity contribution is 0.600. The van der Waals surface area contributed by atoms with E-state index in [4.69, 9.17) is 5.14 Å². The van der Waals surface area contributed by atoms with Crippen LogP contribution in [-0.4, -0.2) is 20.9 Å². The van der Waals surface area contributed by atoms with Crippen molar-refractivity contribution >= 4 is 51.3 Å². The zero-order valence-corrected chi connectivity index (χ0v) is 18.4. The van der Waals surface area contributed by atoms with Gasteiger partial charge >= 0.3 is 0 Å². The standard InChI is InChI=1S/C16H21FN4O2S2.HI/c1-3-19-16(20-9-12-4-6-14(17)11(2)8-12)21-10-13-5-7-15(24-13)25(18,22)23;/h4-8H,3,9-10H2,1-2H3,(H2,18,22,23)(H2,19,20,21);1H. The van der Waals surface area contributed by atoms with Crippen LogP contribution in [0.3, 0.4) is 0 Å². The van der Waals surface area contributed by atoms with Crippen LogP contribution in [0.15, 0.2) is 39.5 Å². The van der Waals surface area contributed by atoms with E-state index in [0.717, 1.165) is 21.8 Å². The second kappa shape index (κ2) is 10.2. The van der Waals surface area contributed by atoms with Gasteiger partial charge in [0.1, 0.15) is 10.0 Å². The number of rotatable bonds is 6. The third kappa shape index (κ3) is 6.82. The van der Waals surface area contributed by atoms with E-state index < -0.39 is 10.0 Å². The van der Waals surface area contributed by atoms with Crippen LogP contribution in [0.4, 0.5) is 4.39 Å². The number of guanidine groups is 1. The lowest BCUT2D eigenvalue weighted by Crippen LogP contribution is -2.36. The predicted molar refractivity (Wildman–Crippen MR) is 114 cm³/mol. The Morgan fingerprint density at radius 2 is 2.00 bits per heavy atom. The molecule has 1 aromatic heterocycles. The van der Waals surface area contributed by atoms with Crippen molar-refractivity contribution in [3.05, 3.63) is 52.2 Å². The molecule has 0 aliphatic heterocycles. The van der Waals surface area contributed by atoms with Crippen LogP contribution in [0.2, 0.25) is 0 Å². The van der Waals surface area contributed by atoms with Gasteiger partial charge in [-0.25, -0.2) is 22.9 Å². The Morgan fingerprint density at radius 3 is 2.58 bits per heavy atom. The van der Waals surface area contributed by atoms with Crippen molar-refractivity contribution in [3.63, 3.8) is 0 Å². The van der Waals surface area contributed by atoms with Crippen LogP contribution in [0, 0.1) is 12.7 Å². The Balaban J connectivity index is 0.00000338. The van der Waals surface area contributed by atoms with E-state index in [2.05, 4.69) is 15.6 Å². The first-order chi connectivity index (χ1) is 11.8. The van der Waals surface area contributed by atoms with Crippen LogP contribution in [-0.2, 0) is 23.1 Å². The molecule has 2 rings (SSSR count). The summed E-state index contributed by atoms with van der Waals surface area (Å²) in [5.41, 5.74) is 1.49. The number of aryl methyl sites for hydroxylation is 1. The van der Waals surface area contributed by atoms with Crippen molar-refractivity contribution in [2.75, 3.05) is 6.54 Å². The lowest BCUT2D eigenvalue weighted by atomic mass is 10.1. The summed E-state index contributed by atoms with van der Waals surface area (Å²) < 4.78 is 36.0. The number of aliphatic imine (C=N–C) groups is 1. The molecule has 2 aromatic rings. The smallest absolute Gasteiger partial charge is 0.247 e. The second-order valence-electron chi connectivity index (χ2n) is 5.40. The van der Waals surface area contributed by atoms with Crippen LogP contribution >= 0.6 is 35.3 Å². The minimum absolute atomic E-state index is 0. The van der Waals surface area contributed by atoms with Gasteiger partial charge in [0.05, 0.1) is 13.1 Å². The maximum atomic E-state index is 13.3. The normalized spacial score (nSPS) is 11.8. The summed E-state index contributed by atoms with van der Waals surface area (Å²) in [4.78, 5) is 5.28. The molecule has 0 aliphatic carbocycles. The number of thiophene rings is 1. The number of primary sulfonamides is 1. The third-order valence-electron chi connectivity index (χ3n) is 3.33. The molecule has 144 valence electrons. The van der Waals surface area contributed by atoms with Gasteiger partial charge in [-0.05, 0) is 43.2 Å². The maximum Gasteiger partial charge on any atom is 0.247 e. The molecular weight excluding hydrogens is 490 g/mol. The summed E-state index contributed by atoms with van der Waals surface area (Å²) in [6.45, 7) is 5.17. The van der Waals surface area contributed by atoms with Crippen molar-refractivity contribution in [1.82, 2.24) is 10.6 Å². The third-order valence-corrected chi connectivity index (χ3v) is 5.86. The van der Waals surface area contributed by atoms with Gasteiger partial charge in [0.25, 0.3) is 0 Å². The first kappa shape index (κ1) is 22.8. The number of hydrogen-bond donors (Lipinski definition) is 3. The van der Waals surface area contributed by atoms with Crippen molar-refractivity contribution in [1.29, 1.82) is 0 Å².